The highest BCUT2D eigenvalue weighted by Crippen LogP contribution is 2.18. The molecule has 1 amide bonds. The van der Waals surface area contributed by atoms with Gasteiger partial charge in [-0.05, 0) is 6.07 Å². The zero-order valence-electron chi connectivity index (χ0n) is 10.4. The molecule has 1 heterocycles. The SMILES string of the molecule is CN(Cc1cscn1)C(=O)c1cc([N+](=O)[O-])ccc1F. The number of thiazole rings is 1. The average molecular weight is 295 g/mol. The second kappa shape index (κ2) is 5.74. The Labute approximate surface area is 117 Å². The van der Waals surface area contributed by atoms with Crippen LogP contribution in [0.1, 0.15) is 16.1 Å². The minimum absolute atomic E-state index is 0.213. The number of amides is 1. The maximum atomic E-state index is 13.6. The van der Waals surface area contributed by atoms with Gasteiger partial charge in [0.15, 0.2) is 0 Å². The van der Waals surface area contributed by atoms with Gasteiger partial charge < -0.3 is 4.90 Å². The summed E-state index contributed by atoms with van der Waals surface area (Å²) in [6, 6.07) is 2.88. The molecule has 0 saturated heterocycles. The van der Waals surface area contributed by atoms with Crippen LogP contribution in [-0.2, 0) is 6.54 Å². The Balaban J connectivity index is 2.23. The molecule has 2 aromatic rings. The normalized spacial score (nSPS) is 10.3. The zero-order valence-corrected chi connectivity index (χ0v) is 11.3. The van der Waals surface area contributed by atoms with E-state index in [0.717, 1.165) is 18.2 Å². The predicted octanol–water partition coefficient (Wildman–Crippen LogP) is 2.46. The van der Waals surface area contributed by atoms with Crippen LogP contribution in [0.2, 0.25) is 0 Å². The third-order valence-electron chi connectivity index (χ3n) is 2.62. The molecule has 1 aromatic carbocycles. The summed E-state index contributed by atoms with van der Waals surface area (Å²) in [5.74, 6) is -1.41. The lowest BCUT2D eigenvalue weighted by Crippen LogP contribution is -2.27. The number of non-ortho nitro benzene ring substituents is 1. The standard InChI is InChI=1S/C12H10FN3O3S/c1-15(5-8-6-20-7-14-8)12(17)10-4-9(16(18)19)2-3-11(10)13/h2-4,6-7H,5H2,1H3. The molecule has 20 heavy (non-hydrogen) atoms. The van der Waals surface area contributed by atoms with Crippen LogP contribution in [0.3, 0.4) is 0 Å². The molecule has 0 radical (unpaired) electrons. The number of carbonyl (C=O) groups is 1. The molecule has 2 rings (SSSR count). The molecule has 1 aromatic heterocycles. The van der Waals surface area contributed by atoms with Crippen LogP contribution in [-0.4, -0.2) is 27.8 Å². The fourth-order valence-electron chi connectivity index (χ4n) is 1.63. The first kappa shape index (κ1) is 14.1. The third kappa shape index (κ3) is 2.97. The van der Waals surface area contributed by atoms with Gasteiger partial charge in [-0.25, -0.2) is 9.37 Å². The molecule has 0 aliphatic carbocycles. The Morgan fingerprint density at radius 2 is 2.30 bits per heavy atom. The lowest BCUT2D eigenvalue weighted by Gasteiger charge is -2.16. The molecule has 8 heteroatoms. The molecule has 0 fully saturated rings. The van der Waals surface area contributed by atoms with E-state index in [9.17, 15) is 19.3 Å². The quantitative estimate of drug-likeness (QED) is 0.641. The molecule has 0 unspecified atom stereocenters. The Bertz CT molecular complexity index is 645. The zero-order chi connectivity index (χ0) is 14.7. The number of aromatic nitrogens is 1. The van der Waals surface area contributed by atoms with Gasteiger partial charge in [-0.15, -0.1) is 11.3 Å². The number of nitro groups is 1. The van der Waals surface area contributed by atoms with Crippen molar-refractivity contribution < 1.29 is 14.1 Å². The first-order valence-electron chi connectivity index (χ1n) is 5.55. The van der Waals surface area contributed by atoms with Crippen molar-refractivity contribution in [2.75, 3.05) is 7.05 Å². The highest BCUT2D eigenvalue weighted by Gasteiger charge is 2.20. The van der Waals surface area contributed by atoms with Crippen molar-refractivity contribution in [1.29, 1.82) is 0 Å². The summed E-state index contributed by atoms with van der Waals surface area (Å²) in [5, 5.41) is 12.4. The minimum atomic E-state index is -0.786. The molecule has 0 atom stereocenters. The summed E-state index contributed by atoms with van der Waals surface area (Å²) >= 11 is 1.39. The second-order valence-corrected chi connectivity index (χ2v) is 4.78. The fourth-order valence-corrected chi connectivity index (χ4v) is 2.18. The van der Waals surface area contributed by atoms with Crippen molar-refractivity contribution in [3.8, 4) is 0 Å². The third-order valence-corrected chi connectivity index (χ3v) is 3.26. The van der Waals surface area contributed by atoms with E-state index in [4.69, 9.17) is 0 Å². The lowest BCUT2D eigenvalue weighted by atomic mass is 10.1. The summed E-state index contributed by atoms with van der Waals surface area (Å²) < 4.78 is 13.6. The van der Waals surface area contributed by atoms with Crippen molar-refractivity contribution in [3.63, 3.8) is 0 Å². The second-order valence-electron chi connectivity index (χ2n) is 4.06. The number of halogens is 1. The van der Waals surface area contributed by atoms with Gasteiger partial charge in [0.2, 0.25) is 0 Å². The maximum Gasteiger partial charge on any atom is 0.270 e. The van der Waals surface area contributed by atoms with Gasteiger partial charge in [0.1, 0.15) is 5.82 Å². The molecule has 0 N–H and O–H groups in total. The highest BCUT2D eigenvalue weighted by molar-refractivity contribution is 7.07. The van der Waals surface area contributed by atoms with Crippen molar-refractivity contribution in [2.45, 2.75) is 6.54 Å². The van der Waals surface area contributed by atoms with Crippen LogP contribution in [0.5, 0.6) is 0 Å². The minimum Gasteiger partial charge on any atom is -0.336 e. The van der Waals surface area contributed by atoms with Gasteiger partial charge in [0.05, 0.1) is 28.2 Å². The van der Waals surface area contributed by atoms with Crippen molar-refractivity contribution in [1.82, 2.24) is 9.88 Å². The van der Waals surface area contributed by atoms with Crippen LogP contribution in [0.4, 0.5) is 10.1 Å². The monoisotopic (exact) mass is 295 g/mol. The van der Waals surface area contributed by atoms with Crippen molar-refractivity contribution in [3.05, 3.63) is 56.3 Å². The number of hydrogen-bond acceptors (Lipinski definition) is 5. The van der Waals surface area contributed by atoms with Crippen molar-refractivity contribution in [2.24, 2.45) is 0 Å². The van der Waals surface area contributed by atoms with Crippen LogP contribution >= 0.6 is 11.3 Å². The smallest absolute Gasteiger partial charge is 0.270 e. The highest BCUT2D eigenvalue weighted by atomic mass is 32.1. The van der Waals surface area contributed by atoms with E-state index >= 15 is 0 Å². The average Bonchev–Trinajstić information content (AvgIpc) is 2.91. The number of hydrogen-bond donors (Lipinski definition) is 0. The van der Waals surface area contributed by atoms with Crippen LogP contribution in [0.25, 0.3) is 0 Å². The van der Waals surface area contributed by atoms with Crippen LogP contribution in [0, 0.1) is 15.9 Å². The summed E-state index contributed by atoms with van der Waals surface area (Å²) in [6.07, 6.45) is 0. The van der Waals surface area contributed by atoms with Gasteiger partial charge in [-0.3, -0.25) is 14.9 Å². The number of carbonyl (C=O) groups excluding carboxylic acids is 1. The molecule has 0 aliphatic rings. The number of benzene rings is 1. The Hall–Kier alpha value is -2.35. The van der Waals surface area contributed by atoms with E-state index in [0.29, 0.717) is 5.69 Å². The topological polar surface area (TPSA) is 76.3 Å². The Morgan fingerprint density at radius 1 is 1.55 bits per heavy atom. The Kier molecular flexibility index (Phi) is 4.04. The molecule has 104 valence electrons. The van der Waals surface area contributed by atoms with Gasteiger partial charge in [0.25, 0.3) is 11.6 Å². The molecule has 0 bridgehead atoms. The summed E-state index contributed by atoms with van der Waals surface area (Å²) in [7, 11) is 1.49. The van der Waals surface area contributed by atoms with Crippen molar-refractivity contribution >= 4 is 22.9 Å². The van der Waals surface area contributed by atoms with E-state index < -0.39 is 16.6 Å². The molecule has 6 nitrogen and oxygen atoms in total. The van der Waals surface area contributed by atoms with Crippen LogP contribution in [0.15, 0.2) is 29.1 Å². The molecular weight excluding hydrogens is 285 g/mol. The molecule has 0 aliphatic heterocycles. The summed E-state index contributed by atoms with van der Waals surface area (Å²) in [6.45, 7) is 0.213. The largest absolute Gasteiger partial charge is 0.336 e. The van der Waals surface area contributed by atoms with Gasteiger partial charge in [-0.1, -0.05) is 0 Å². The first-order valence-corrected chi connectivity index (χ1v) is 6.50. The van der Waals surface area contributed by atoms with Gasteiger partial charge in [0, 0.05) is 24.6 Å². The van der Waals surface area contributed by atoms with Crippen LogP contribution < -0.4 is 0 Å². The molecule has 0 spiro atoms. The Morgan fingerprint density at radius 3 is 2.90 bits per heavy atom. The maximum absolute atomic E-state index is 13.6. The summed E-state index contributed by atoms with van der Waals surface area (Å²) in [4.78, 5) is 27.4. The van der Waals surface area contributed by atoms with Gasteiger partial charge in [-0.2, -0.15) is 0 Å². The van der Waals surface area contributed by atoms with E-state index in [1.54, 1.807) is 10.9 Å². The number of rotatable bonds is 4. The van der Waals surface area contributed by atoms with E-state index in [-0.39, 0.29) is 17.8 Å². The molecule has 0 saturated carbocycles. The number of nitrogens with zero attached hydrogens (tertiary/aromatic N) is 3. The van der Waals surface area contributed by atoms with Gasteiger partial charge >= 0.3 is 0 Å². The van der Waals surface area contributed by atoms with E-state index in [1.165, 1.54) is 23.3 Å². The number of nitro benzene ring substituents is 1. The summed E-state index contributed by atoms with van der Waals surface area (Å²) in [5.41, 5.74) is 1.66. The van der Waals surface area contributed by atoms with E-state index in [1.807, 2.05) is 0 Å². The molecular formula is C12H10FN3O3S. The lowest BCUT2D eigenvalue weighted by molar-refractivity contribution is -0.384. The fraction of sp³-hybridized carbons (Fsp3) is 0.167. The van der Waals surface area contributed by atoms with E-state index in [2.05, 4.69) is 4.98 Å². The predicted molar refractivity (Wildman–Crippen MR) is 71.0 cm³/mol. The first-order chi connectivity index (χ1) is 9.49.